The summed E-state index contributed by atoms with van der Waals surface area (Å²) in [6.07, 6.45) is 0. The lowest BCUT2D eigenvalue weighted by atomic mass is 10.3. The number of sulfone groups is 1. The van der Waals surface area contributed by atoms with E-state index in [0.29, 0.717) is 0 Å². The molecule has 0 bridgehead atoms. The number of hydrogen-bond donors (Lipinski definition) is 0. The Morgan fingerprint density at radius 2 is 1.94 bits per heavy atom. The van der Waals surface area contributed by atoms with Crippen molar-refractivity contribution in [2.75, 3.05) is 5.33 Å². The van der Waals surface area contributed by atoms with Crippen LogP contribution in [0.1, 0.15) is 0 Å². The van der Waals surface area contributed by atoms with Gasteiger partial charge in [-0.15, -0.1) is 0 Å². The number of rotatable bonds is 4. The molecule has 5 nitrogen and oxygen atoms in total. The molecule has 0 radical (unpaired) electrons. The van der Waals surface area contributed by atoms with E-state index in [1.807, 2.05) is 0 Å². The third-order valence-corrected chi connectivity index (χ3v) is 4.61. The molecule has 1 aromatic rings. The van der Waals surface area contributed by atoms with E-state index in [1.165, 1.54) is 12.1 Å². The van der Waals surface area contributed by atoms with Gasteiger partial charge in [-0.2, -0.15) is 0 Å². The summed E-state index contributed by atoms with van der Waals surface area (Å²) >= 11 is 8.62. The highest BCUT2D eigenvalue weighted by Gasteiger charge is 2.14. The van der Waals surface area contributed by atoms with E-state index >= 15 is 0 Å². The molecular formula is C9H7BrClNO4S. The number of nitro benzene ring substituents is 1. The van der Waals surface area contributed by atoms with Gasteiger partial charge in [-0.1, -0.05) is 27.5 Å². The van der Waals surface area contributed by atoms with Crippen LogP contribution in [-0.2, 0) is 9.84 Å². The zero-order valence-corrected chi connectivity index (χ0v) is 11.5. The molecule has 0 atom stereocenters. The quantitative estimate of drug-likeness (QED) is 0.480. The summed E-state index contributed by atoms with van der Waals surface area (Å²) in [5.74, 6) is 0. The second kappa shape index (κ2) is 5.61. The number of allylic oxidation sites excluding steroid dienone is 1. The fourth-order valence-corrected chi connectivity index (χ4v) is 2.82. The molecule has 1 rings (SSSR count). The molecule has 0 aliphatic heterocycles. The lowest BCUT2D eigenvalue weighted by Gasteiger charge is -1.99. The second-order valence-corrected chi connectivity index (χ2v) is 5.84. The number of hydrogen-bond acceptors (Lipinski definition) is 4. The molecule has 0 N–H and O–H groups in total. The maximum Gasteiger partial charge on any atom is 0.269 e. The normalized spacial score (nSPS) is 12.5. The van der Waals surface area contributed by atoms with Crippen LogP contribution in [0.2, 0.25) is 0 Å². The molecular weight excluding hydrogens is 334 g/mol. The number of alkyl halides is 1. The van der Waals surface area contributed by atoms with Crippen LogP contribution in [-0.4, -0.2) is 18.7 Å². The molecule has 92 valence electrons. The summed E-state index contributed by atoms with van der Waals surface area (Å²) in [7, 11) is -3.66. The van der Waals surface area contributed by atoms with Gasteiger partial charge in [-0.05, 0) is 12.1 Å². The van der Waals surface area contributed by atoms with Crippen molar-refractivity contribution in [3.05, 3.63) is 44.8 Å². The van der Waals surface area contributed by atoms with E-state index < -0.39 is 14.8 Å². The molecule has 0 saturated carbocycles. The van der Waals surface area contributed by atoms with Gasteiger partial charge in [0, 0.05) is 22.5 Å². The van der Waals surface area contributed by atoms with Crippen LogP contribution in [0.3, 0.4) is 0 Å². The first-order chi connectivity index (χ1) is 7.86. The zero-order chi connectivity index (χ0) is 13.1. The Balaban J connectivity index is 3.13. The van der Waals surface area contributed by atoms with E-state index in [4.69, 9.17) is 11.6 Å². The number of nitro groups is 1. The average Bonchev–Trinajstić information content (AvgIpc) is 2.28. The molecule has 0 aromatic heterocycles. The highest BCUT2D eigenvalue weighted by molar-refractivity contribution is 9.09. The first-order valence-corrected chi connectivity index (χ1v) is 7.33. The predicted molar refractivity (Wildman–Crippen MR) is 68.0 cm³/mol. The topological polar surface area (TPSA) is 77.3 Å². The molecule has 17 heavy (non-hydrogen) atoms. The van der Waals surface area contributed by atoms with E-state index in [-0.39, 0.29) is 20.9 Å². The summed E-state index contributed by atoms with van der Waals surface area (Å²) in [5.41, 5.74) is -0.167. The van der Waals surface area contributed by atoms with Gasteiger partial charge in [-0.25, -0.2) is 8.42 Å². The van der Waals surface area contributed by atoms with Crippen molar-refractivity contribution in [3.8, 4) is 0 Å². The van der Waals surface area contributed by atoms with Crippen LogP contribution in [0.15, 0.2) is 39.6 Å². The Bertz CT molecular complexity index is 553. The number of nitrogens with zero attached hydrogens (tertiary/aromatic N) is 1. The van der Waals surface area contributed by atoms with Gasteiger partial charge in [0.15, 0.2) is 0 Å². The van der Waals surface area contributed by atoms with Crippen molar-refractivity contribution in [2.24, 2.45) is 0 Å². The second-order valence-electron chi connectivity index (χ2n) is 2.99. The first kappa shape index (κ1) is 14.1. The third-order valence-electron chi connectivity index (χ3n) is 1.79. The summed E-state index contributed by atoms with van der Waals surface area (Å²) in [6, 6.07) is 4.59. The van der Waals surface area contributed by atoms with Gasteiger partial charge < -0.3 is 0 Å². The molecule has 0 aliphatic carbocycles. The summed E-state index contributed by atoms with van der Waals surface area (Å²) in [5, 5.41) is 11.7. The minimum atomic E-state index is -3.66. The minimum Gasteiger partial charge on any atom is -0.258 e. The molecule has 0 saturated heterocycles. The van der Waals surface area contributed by atoms with Gasteiger partial charge in [0.1, 0.15) is 0 Å². The van der Waals surface area contributed by atoms with Crippen LogP contribution in [0.4, 0.5) is 5.69 Å². The van der Waals surface area contributed by atoms with Crippen molar-refractivity contribution in [1.29, 1.82) is 0 Å². The van der Waals surface area contributed by atoms with E-state index in [1.54, 1.807) is 0 Å². The Kier molecular flexibility index (Phi) is 4.67. The molecule has 8 heteroatoms. The molecule has 0 fully saturated rings. The minimum absolute atomic E-state index is 0.0396. The summed E-state index contributed by atoms with van der Waals surface area (Å²) in [4.78, 5) is 9.76. The van der Waals surface area contributed by atoms with Gasteiger partial charge in [-0.3, -0.25) is 10.1 Å². The smallest absolute Gasteiger partial charge is 0.258 e. The van der Waals surface area contributed by atoms with E-state index in [0.717, 1.165) is 17.5 Å². The summed E-state index contributed by atoms with van der Waals surface area (Å²) in [6.45, 7) is 0. The van der Waals surface area contributed by atoms with E-state index in [2.05, 4.69) is 15.9 Å². The Morgan fingerprint density at radius 3 is 2.35 bits per heavy atom. The standard InChI is InChI=1S/C9H7BrClNO4S/c10-5-7(11)6-17(15,16)9-3-1-8(2-4-9)12(13)14/h1-4,6H,5H2/b7-6-. The van der Waals surface area contributed by atoms with Gasteiger partial charge in [0.05, 0.1) is 15.2 Å². The largest absolute Gasteiger partial charge is 0.269 e. The van der Waals surface area contributed by atoms with Crippen LogP contribution in [0.25, 0.3) is 0 Å². The fourth-order valence-electron chi connectivity index (χ4n) is 1.03. The first-order valence-electron chi connectivity index (χ1n) is 4.28. The lowest BCUT2D eigenvalue weighted by Crippen LogP contribution is -1.98. The maximum absolute atomic E-state index is 11.7. The molecule has 0 spiro atoms. The number of non-ortho nitro benzene ring substituents is 1. The maximum atomic E-state index is 11.7. The Hall–Kier alpha value is -0.920. The lowest BCUT2D eigenvalue weighted by molar-refractivity contribution is -0.384. The summed E-state index contributed by atoms with van der Waals surface area (Å²) < 4.78 is 23.5. The van der Waals surface area contributed by atoms with Crippen molar-refractivity contribution < 1.29 is 13.3 Å². The van der Waals surface area contributed by atoms with Crippen molar-refractivity contribution in [3.63, 3.8) is 0 Å². The van der Waals surface area contributed by atoms with Gasteiger partial charge >= 0.3 is 0 Å². The van der Waals surface area contributed by atoms with Crippen LogP contribution >= 0.6 is 27.5 Å². The molecule has 1 aromatic carbocycles. The van der Waals surface area contributed by atoms with Crippen molar-refractivity contribution >= 4 is 43.1 Å². The SMILES string of the molecule is O=[N+]([O-])c1ccc(S(=O)(=O)/C=C(\Cl)CBr)cc1. The van der Waals surface area contributed by atoms with Gasteiger partial charge in [0.25, 0.3) is 5.69 Å². The highest BCUT2D eigenvalue weighted by Crippen LogP contribution is 2.19. The fraction of sp³-hybridized carbons (Fsp3) is 0.111. The highest BCUT2D eigenvalue weighted by atomic mass is 79.9. The monoisotopic (exact) mass is 339 g/mol. The van der Waals surface area contributed by atoms with Crippen LogP contribution < -0.4 is 0 Å². The predicted octanol–water partition coefficient (Wildman–Crippen LogP) is 2.84. The molecule has 0 amide bonds. The van der Waals surface area contributed by atoms with Crippen LogP contribution in [0, 0.1) is 10.1 Å². The number of halogens is 2. The Labute approximate surface area is 111 Å². The average molecular weight is 341 g/mol. The molecule has 0 unspecified atom stereocenters. The van der Waals surface area contributed by atoms with E-state index in [9.17, 15) is 18.5 Å². The van der Waals surface area contributed by atoms with Crippen molar-refractivity contribution in [1.82, 2.24) is 0 Å². The van der Waals surface area contributed by atoms with Crippen molar-refractivity contribution in [2.45, 2.75) is 4.90 Å². The van der Waals surface area contributed by atoms with Gasteiger partial charge in [0.2, 0.25) is 9.84 Å². The van der Waals surface area contributed by atoms with Crippen LogP contribution in [0.5, 0.6) is 0 Å². The third kappa shape index (κ3) is 3.79. The molecule has 0 aliphatic rings. The molecule has 0 heterocycles. The zero-order valence-electron chi connectivity index (χ0n) is 8.34. The Morgan fingerprint density at radius 1 is 1.41 bits per heavy atom. The number of benzene rings is 1.